The summed E-state index contributed by atoms with van der Waals surface area (Å²) in [5.74, 6) is 0.806. The summed E-state index contributed by atoms with van der Waals surface area (Å²) in [6, 6.07) is 12.8. The number of nitrogens with one attached hydrogen (secondary N) is 1. The maximum absolute atomic E-state index is 12.6. The molecule has 0 unspecified atom stereocenters. The highest BCUT2D eigenvalue weighted by molar-refractivity contribution is 5.82. The summed E-state index contributed by atoms with van der Waals surface area (Å²) in [4.78, 5) is 32.0. The van der Waals surface area contributed by atoms with E-state index in [4.69, 9.17) is 0 Å². The van der Waals surface area contributed by atoms with Crippen molar-refractivity contribution in [2.75, 3.05) is 0 Å². The zero-order valence-electron chi connectivity index (χ0n) is 15.8. The molecule has 3 aromatic heterocycles. The van der Waals surface area contributed by atoms with Crippen LogP contribution in [0.25, 0.3) is 16.7 Å². The maximum Gasteiger partial charge on any atom is 0.349 e. The van der Waals surface area contributed by atoms with Gasteiger partial charge >= 0.3 is 5.69 Å². The van der Waals surface area contributed by atoms with Gasteiger partial charge in [0, 0.05) is 23.1 Å². The third kappa shape index (κ3) is 2.96. The molecule has 3 heterocycles. The molecule has 28 heavy (non-hydrogen) atoms. The first-order chi connectivity index (χ1) is 13.5. The topological polar surface area (TPSA) is 85.0 Å². The van der Waals surface area contributed by atoms with E-state index in [1.165, 1.54) is 6.21 Å². The van der Waals surface area contributed by atoms with E-state index in [-0.39, 0.29) is 0 Å². The minimum Gasteiger partial charge on any atom is -0.305 e. The van der Waals surface area contributed by atoms with Gasteiger partial charge in [-0.05, 0) is 50.6 Å². The Labute approximate surface area is 160 Å². The van der Waals surface area contributed by atoms with Crippen LogP contribution in [0.1, 0.15) is 22.5 Å². The Morgan fingerprint density at radius 3 is 2.61 bits per heavy atom. The van der Waals surface area contributed by atoms with Crippen LogP contribution in [0.3, 0.4) is 0 Å². The number of fused-ring (bicyclic) bond motifs is 1. The zero-order valence-corrected chi connectivity index (χ0v) is 15.8. The minimum absolute atomic E-state index is 0.411. The summed E-state index contributed by atoms with van der Waals surface area (Å²) < 4.78 is 2.85. The van der Waals surface area contributed by atoms with Gasteiger partial charge in [0.25, 0.3) is 5.56 Å². The Balaban J connectivity index is 1.79. The largest absolute Gasteiger partial charge is 0.349 e. The first kappa shape index (κ1) is 17.7. The number of hydrogen-bond donors (Lipinski definition) is 1. The van der Waals surface area contributed by atoms with Crippen LogP contribution in [0.15, 0.2) is 63.4 Å². The normalized spacial score (nSPS) is 11.5. The molecule has 1 N–H and O–H groups in total. The van der Waals surface area contributed by atoms with Gasteiger partial charge in [0.05, 0.1) is 17.1 Å². The van der Waals surface area contributed by atoms with Crippen LogP contribution >= 0.6 is 0 Å². The fraction of sp³-hybridized carbons (Fsp3) is 0.143. The standard InChI is InChI=1S/C21H19N5O2/c1-13-8-9-19(22-11-13)25-14(2)10-16(15(25)3)12-23-26-20(27)17-6-4-5-7-18(17)24-21(26)28/h4-12H,1-3H3,(H,24,28). The first-order valence-electron chi connectivity index (χ1n) is 8.86. The Kier molecular flexibility index (Phi) is 4.27. The van der Waals surface area contributed by atoms with E-state index in [0.717, 1.165) is 33.0 Å². The molecule has 0 radical (unpaired) electrons. The number of pyridine rings is 1. The van der Waals surface area contributed by atoms with E-state index < -0.39 is 11.2 Å². The van der Waals surface area contributed by atoms with Gasteiger partial charge in [-0.1, -0.05) is 18.2 Å². The molecule has 0 atom stereocenters. The first-order valence-corrected chi connectivity index (χ1v) is 8.86. The maximum atomic E-state index is 12.6. The lowest BCUT2D eigenvalue weighted by Crippen LogP contribution is -2.32. The quantitative estimate of drug-likeness (QED) is 0.560. The molecule has 0 amide bonds. The highest BCUT2D eigenvalue weighted by Gasteiger charge is 2.11. The van der Waals surface area contributed by atoms with Crippen molar-refractivity contribution >= 4 is 17.1 Å². The SMILES string of the molecule is Cc1ccc(-n2c(C)cc(C=Nn3c(=O)[nH]c4ccccc4c3=O)c2C)nc1. The van der Waals surface area contributed by atoms with Crippen molar-refractivity contribution < 1.29 is 0 Å². The van der Waals surface area contributed by atoms with Crippen LogP contribution in [-0.2, 0) is 0 Å². The van der Waals surface area contributed by atoms with Crippen LogP contribution in [0, 0.1) is 20.8 Å². The van der Waals surface area contributed by atoms with Gasteiger partial charge < -0.3 is 9.55 Å². The van der Waals surface area contributed by atoms with Gasteiger partial charge in [0.2, 0.25) is 0 Å². The number of H-pyrrole nitrogens is 1. The predicted molar refractivity (Wildman–Crippen MR) is 110 cm³/mol. The van der Waals surface area contributed by atoms with Crippen LogP contribution in [0.2, 0.25) is 0 Å². The second-order valence-electron chi connectivity index (χ2n) is 6.69. The Morgan fingerprint density at radius 2 is 1.86 bits per heavy atom. The number of aryl methyl sites for hydroxylation is 2. The molecular formula is C21H19N5O2. The smallest absolute Gasteiger partial charge is 0.305 e. The summed E-state index contributed by atoms with van der Waals surface area (Å²) in [5, 5.41) is 4.56. The van der Waals surface area contributed by atoms with E-state index in [1.807, 2.05) is 49.7 Å². The molecule has 7 nitrogen and oxygen atoms in total. The van der Waals surface area contributed by atoms with E-state index in [0.29, 0.717) is 10.9 Å². The molecule has 4 aromatic rings. The summed E-state index contributed by atoms with van der Waals surface area (Å²) in [6.45, 7) is 5.91. The Morgan fingerprint density at radius 1 is 1.07 bits per heavy atom. The van der Waals surface area contributed by atoms with Crippen LogP contribution in [0.4, 0.5) is 0 Å². The summed E-state index contributed by atoms with van der Waals surface area (Å²) in [6.07, 6.45) is 3.34. The highest BCUT2D eigenvalue weighted by Crippen LogP contribution is 2.18. The molecule has 0 aliphatic carbocycles. The number of hydrogen-bond acceptors (Lipinski definition) is 4. The lowest BCUT2D eigenvalue weighted by Gasteiger charge is -2.08. The highest BCUT2D eigenvalue weighted by atomic mass is 16.2. The number of aromatic amines is 1. The van der Waals surface area contributed by atoms with Crippen molar-refractivity contribution in [1.29, 1.82) is 0 Å². The van der Waals surface area contributed by atoms with Crippen molar-refractivity contribution in [3.8, 4) is 5.82 Å². The van der Waals surface area contributed by atoms with Crippen LogP contribution in [0.5, 0.6) is 0 Å². The number of aromatic nitrogens is 4. The third-order valence-corrected chi connectivity index (χ3v) is 4.69. The van der Waals surface area contributed by atoms with Crippen molar-refractivity contribution in [2.45, 2.75) is 20.8 Å². The third-order valence-electron chi connectivity index (χ3n) is 4.69. The Hall–Kier alpha value is -3.74. The lowest BCUT2D eigenvalue weighted by molar-refractivity contribution is 0.771. The van der Waals surface area contributed by atoms with Gasteiger partial charge in [-0.3, -0.25) is 4.79 Å². The average molecular weight is 373 g/mol. The number of nitrogens with zero attached hydrogens (tertiary/aromatic N) is 4. The molecule has 7 heteroatoms. The minimum atomic E-state index is -0.575. The molecule has 0 spiro atoms. The summed E-state index contributed by atoms with van der Waals surface area (Å²) >= 11 is 0. The lowest BCUT2D eigenvalue weighted by atomic mass is 10.2. The van der Waals surface area contributed by atoms with Crippen molar-refractivity contribution in [3.63, 3.8) is 0 Å². The van der Waals surface area contributed by atoms with Crippen LogP contribution in [-0.4, -0.2) is 25.4 Å². The molecule has 4 rings (SSSR count). The van der Waals surface area contributed by atoms with E-state index in [2.05, 4.69) is 15.1 Å². The predicted octanol–water partition coefficient (Wildman–Crippen LogP) is 2.68. The molecule has 0 bridgehead atoms. The van der Waals surface area contributed by atoms with E-state index >= 15 is 0 Å². The fourth-order valence-corrected chi connectivity index (χ4v) is 3.24. The molecule has 1 aromatic carbocycles. The second-order valence-corrected chi connectivity index (χ2v) is 6.69. The summed E-state index contributed by atoms with van der Waals surface area (Å²) in [5.41, 5.74) is 3.26. The van der Waals surface area contributed by atoms with E-state index in [1.54, 1.807) is 24.3 Å². The van der Waals surface area contributed by atoms with E-state index in [9.17, 15) is 9.59 Å². The van der Waals surface area contributed by atoms with Crippen molar-refractivity contribution in [3.05, 3.63) is 92.0 Å². The summed E-state index contributed by atoms with van der Waals surface area (Å²) in [7, 11) is 0. The number of para-hydroxylation sites is 1. The van der Waals surface area contributed by atoms with Gasteiger partial charge in [0.1, 0.15) is 5.82 Å². The number of rotatable bonds is 3. The number of benzene rings is 1. The molecule has 0 fully saturated rings. The fourth-order valence-electron chi connectivity index (χ4n) is 3.24. The van der Waals surface area contributed by atoms with Crippen LogP contribution < -0.4 is 11.2 Å². The monoisotopic (exact) mass is 373 g/mol. The average Bonchev–Trinajstić information content (AvgIpc) is 2.96. The molecule has 0 aliphatic heterocycles. The molecule has 0 saturated carbocycles. The molecule has 0 saturated heterocycles. The van der Waals surface area contributed by atoms with Gasteiger partial charge in [0.15, 0.2) is 0 Å². The zero-order chi connectivity index (χ0) is 19.8. The van der Waals surface area contributed by atoms with Crippen molar-refractivity contribution in [1.82, 2.24) is 19.2 Å². The molecule has 140 valence electrons. The van der Waals surface area contributed by atoms with Gasteiger partial charge in [-0.2, -0.15) is 5.10 Å². The van der Waals surface area contributed by atoms with Crippen molar-refractivity contribution in [2.24, 2.45) is 5.10 Å². The van der Waals surface area contributed by atoms with Gasteiger partial charge in [-0.25, -0.2) is 9.78 Å². The second kappa shape index (κ2) is 6.77. The molecule has 0 aliphatic rings. The van der Waals surface area contributed by atoms with Gasteiger partial charge in [-0.15, -0.1) is 4.68 Å². The molecular weight excluding hydrogens is 354 g/mol. The Bertz CT molecular complexity index is 1320.